The summed E-state index contributed by atoms with van der Waals surface area (Å²) in [7, 11) is 0. The molecule has 3 aliphatic rings. The van der Waals surface area contributed by atoms with Gasteiger partial charge in [0, 0.05) is 6.54 Å². The summed E-state index contributed by atoms with van der Waals surface area (Å²) < 4.78 is 6.25. The van der Waals surface area contributed by atoms with Crippen molar-refractivity contribution in [3.63, 3.8) is 0 Å². The number of ether oxygens (including phenoxy) is 1. The summed E-state index contributed by atoms with van der Waals surface area (Å²) in [5, 5.41) is 3.57. The van der Waals surface area contributed by atoms with Crippen LogP contribution < -0.4 is 5.32 Å². The first kappa shape index (κ1) is 10.1. The smallest absolute Gasteiger partial charge is 0.0708 e. The van der Waals surface area contributed by atoms with Crippen LogP contribution >= 0.6 is 0 Å². The van der Waals surface area contributed by atoms with Crippen LogP contribution in [0.25, 0.3) is 0 Å². The molecular formula is C13H23NO. The van der Waals surface area contributed by atoms with Gasteiger partial charge in [-0.15, -0.1) is 0 Å². The lowest BCUT2D eigenvalue weighted by molar-refractivity contribution is -0.0350. The van der Waals surface area contributed by atoms with Crippen LogP contribution in [0.2, 0.25) is 0 Å². The van der Waals surface area contributed by atoms with E-state index in [-0.39, 0.29) is 0 Å². The summed E-state index contributed by atoms with van der Waals surface area (Å²) in [6.45, 7) is 2.32. The predicted octanol–water partition coefficient (Wildman–Crippen LogP) is 2.48. The third-order valence-electron chi connectivity index (χ3n) is 4.36. The van der Waals surface area contributed by atoms with Crippen molar-refractivity contribution in [2.75, 3.05) is 13.1 Å². The molecule has 2 saturated carbocycles. The molecule has 0 radical (unpaired) electrons. The maximum absolute atomic E-state index is 6.25. The van der Waals surface area contributed by atoms with Gasteiger partial charge in [-0.3, -0.25) is 0 Å². The van der Waals surface area contributed by atoms with Crippen molar-refractivity contribution in [1.29, 1.82) is 0 Å². The molecular weight excluding hydrogens is 186 g/mol. The molecule has 0 bridgehead atoms. The molecule has 1 saturated heterocycles. The second kappa shape index (κ2) is 4.06. The fourth-order valence-corrected chi connectivity index (χ4v) is 3.20. The van der Waals surface area contributed by atoms with Gasteiger partial charge in [0.15, 0.2) is 0 Å². The quantitative estimate of drug-likeness (QED) is 0.768. The van der Waals surface area contributed by atoms with Crippen LogP contribution in [-0.2, 0) is 4.74 Å². The minimum Gasteiger partial charge on any atom is -0.370 e. The van der Waals surface area contributed by atoms with Crippen molar-refractivity contribution in [2.24, 2.45) is 5.92 Å². The van der Waals surface area contributed by atoms with Crippen LogP contribution in [0.1, 0.15) is 51.4 Å². The molecule has 1 N–H and O–H groups in total. The standard InChI is InChI=1S/C13H23NO/c1-2-7-13(6-1)8-5-12(15-13)10-14-9-11-3-4-11/h11-12,14H,1-10H2. The van der Waals surface area contributed by atoms with Gasteiger partial charge in [0.2, 0.25) is 0 Å². The summed E-state index contributed by atoms with van der Waals surface area (Å²) in [6.07, 6.45) is 11.5. The Labute approximate surface area is 92.8 Å². The zero-order valence-corrected chi connectivity index (χ0v) is 9.63. The minimum absolute atomic E-state index is 0.325. The zero-order valence-electron chi connectivity index (χ0n) is 9.63. The molecule has 1 unspecified atom stereocenters. The lowest BCUT2D eigenvalue weighted by Gasteiger charge is -2.23. The molecule has 2 nitrogen and oxygen atoms in total. The van der Waals surface area contributed by atoms with Crippen LogP contribution in [0.3, 0.4) is 0 Å². The molecule has 0 aromatic rings. The molecule has 15 heavy (non-hydrogen) atoms. The van der Waals surface area contributed by atoms with E-state index in [4.69, 9.17) is 4.74 Å². The Bertz CT molecular complexity index is 219. The maximum atomic E-state index is 6.25. The van der Waals surface area contributed by atoms with E-state index in [2.05, 4.69) is 5.32 Å². The van der Waals surface area contributed by atoms with Crippen LogP contribution in [0.15, 0.2) is 0 Å². The Kier molecular flexibility index (Phi) is 2.73. The molecule has 1 atom stereocenters. The lowest BCUT2D eigenvalue weighted by Crippen LogP contribution is -2.31. The average Bonchev–Trinajstić information content (AvgIpc) is 2.82. The first-order valence-corrected chi connectivity index (χ1v) is 6.75. The molecule has 1 spiro atoms. The third kappa shape index (κ3) is 2.36. The van der Waals surface area contributed by atoms with E-state index in [0.29, 0.717) is 11.7 Å². The van der Waals surface area contributed by atoms with E-state index < -0.39 is 0 Å². The Morgan fingerprint density at radius 1 is 1.00 bits per heavy atom. The predicted molar refractivity (Wildman–Crippen MR) is 60.9 cm³/mol. The first-order valence-electron chi connectivity index (χ1n) is 6.75. The fourth-order valence-electron chi connectivity index (χ4n) is 3.20. The van der Waals surface area contributed by atoms with Crippen LogP contribution in [0, 0.1) is 5.92 Å². The van der Waals surface area contributed by atoms with Crippen LogP contribution in [0.4, 0.5) is 0 Å². The molecule has 2 aliphatic carbocycles. The molecule has 1 heterocycles. The summed E-state index contributed by atoms with van der Waals surface area (Å²) in [5.41, 5.74) is 0.325. The average molecular weight is 209 g/mol. The maximum Gasteiger partial charge on any atom is 0.0708 e. The summed E-state index contributed by atoms with van der Waals surface area (Å²) >= 11 is 0. The van der Waals surface area contributed by atoms with Gasteiger partial charge in [-0.05, 0) is 51.0 Å². The molecule has 2 heteroatoms. The third-order valence-corrected chi connectivity index (χ3v) is 4.36. The summed E-state index contributed by atoms with van der Waals surface area (Å²) in [4.78, 5) is 0. The Hall–Kier alpha value is -0.0800. The SMILES string of the molecule is C1CCC2(C1)CCC(CNCC1CC1)O2. The fraction of sp³-hybridized carbons (Fsp3) is 1.00. The highest BCUT2D eigenvalue weighted by atomic mass is 16.5. The topological polar surface area (TPSA) is 21.3 Å². The zero-order chi connectivity index (χ0) is 10.1. The van der Waals surface area contributed by atoms with Crippen molar-refractivity contribution < 1.29 is 4.74 Å². The minimum atomic E-state index is 0.325. The molecule has 3 fully saturated rings. The Morgan fingerprint density at radius 3 is 2.53 bits per heavy atom. The van der Waals surface area contributed by atoms with Gasteiger partial charge in [0.05, 0.1) is 11.7 Å². The van der Waals surface area contributed by atoms with E-state index in [0.717, 1.165) is 12.5 Å². The van der Waals surface area contributed by atoms with Crippen LogP contribution in [-0.4, -0.2) is 24.8 Å². The Morgan fingerprint density at radius 2 is 1.80 bits per heavy atom. The molecule has 0 amide bonds. The van der Waals surface area contributed by atoms with Crippen molar-refractivity contribution in [3.8, 4) is 0 Å². The van der Waals surface area contributed by atoms with Crippen LogP contribution in [0.5, 0.6) is 0 Å². The molecule has 3 rings (SSSR count). The van der Waals surface area contributed by atoms with Gasteiger partial charge < -0.3 is 10.1 Å². The van der Waals surface area contributed by atoms with Gasteiger partial charge >= 0.3 is 0 Å². The van der Waals surface area contributed by atoms with Gasteiger partial charge in [-0.25, -0.2) is 0 Å². The van der Waals surface area contributed by atoms with Gasteiger partial charge in [-0.2, -0.15) is 0 Å². The monoisotopic (exact) mass is 209 g/mol. The summed E-state index contributed by atoms with van der Waals surface area (Å²) in [5.74, 6) is 0.992. The highest BCUT2D eigenvalue weighted by Gasteiger charge is 2.41. The van der Waals surface area contributed by atoms with Gasteiger partial charge in [-0.1, -0.05) is 12.8 Å². The molecule has 86 valence electrons. The number of hydrogen-bond acceptors (Lipinski definition) is 2. The van der Waals surface area contributed by atoms with Crippen molar-refractivity contribution in [3.05, 3.63) is 0 Å². The molecule has 0 aromatic carbocycles. The molecule has 0 aromatic heterocycles. The highest BCUT2D eigenvalue weighted by molar-refractivity contribution is 4.93. The van der Waals surface area contributed by atoms with E-state index in [9.17, 15) is 0 Å². The van der Waals surface area contributed by atoms with E-state index >= 15 is 0 Å². The van der Waals surface area contributed by atoms with E-state index in [1.165, 1.54) is 57.9 Å². The second-order valence-corrected chi connectivity index (χ2v) is 5.77. The van der Waals surface area contributed by atoms with Crippen molar-refractivity contribution in [1.82, 2.24) is 5.32 Å². The Balaban J connectivity index is 1.40. The second-order valence-electron chi connectivity index (χ2n) is 5.77. The number of rotatable bonds is 4. The van der Waals surface area contributed by atoms with Crippen molar-refractivity contribution in [2.45, 2.75) is 63.1 Å². The first-order chi connectivity index (χ1) is 7.36. The normalized spacial score (nSPS) is 34.0. The largest absolute Gasteiger partial charge is 0.370 e. The van der Waals surface area contributed by atoms with Gasteiger partial charge in [0.25, 0.3) is 0 Å². The van der Waals surface area contributed by atoms with E-state index in [1.807, 2.05) is 0 Å². The number of hydrogen-bond donors (Lipinski definition) is 1. The highest BCUT2D eigenvalue weighted by Crippen LogP contribution is 2.43. The van der Waals surface area contributed by atoms with Gasteiger partial charge in [0.1, 0.15) is 0 Å². The molecule has 1 aliphatic heterocycles. The van der Waals surface area contributed by atoms with Crippen molar-refractivity contribution >= 4 is 0 Å². The summed E-state index contributed by atoms with van der Waals surface area (Å²) in [6, 6.07) is 0. The lowest BCUT2D eigenvalue weighted by atomic mass is 9.98. The number of nitrogens with one attached hydrogen (secondary N) is 1. The van der Waals surface area contributed by atoms with E-state index in [1.54, 1.807) is 0 Å².